The van der Waals surface area contributed by atoms with Gasteiger partial charge in [0.15, 0.2) is 0 Å². The van der Waals surface area contributed by atoms with Gasteiger partial charge in [0.25, 0.3) is 0 Å². The van der Waals surface area contributed by atoms with Crippen LogP contribution >= 0.6 is 43.6 Å². The molecule has 0 spiro atoms. The Morgan fingerprint density at radius 1 is 0.382 bits per heavy atom. The number of hydrogen-bond acceptors (Lipinski definition) is 3. The molecular weight excluding hydrogens is 489 g/mol. The van der Waals surface area contributed by atoms with Gasteiger partial charge in [-0.1, -0.05) is 108 Å². The van der Waals surface area contributed by atoms with Gasteiger partial charge >= 0.3 is 0 Å². The van der Waals surface area contributed by atoms with Crippen molar-refractivity contribution < 1.29 is 0 Å². The molecule has 0 unspecified atom stereocenters. The molecule has 0 amide bonds. The average molecular weight is 513 g/mol. The van der Waals surface area contributed by atoms with Crippen molar-refractivity contribution in [3.05, 3.63) is 151 Å². The molecule has 0 fully saturated rings. The van der Waals surface area contributed by atoms with Crippen LogP contribution in [-0.2, 0) is 0 Å². The molecule has 0 atom stereocenters. The highest BCUT2D eigenvalue weighted by Crippen LogP contribution is 3.14. The zero-order valence-electron chi connectivity index (χ0n) is 18.5. The van der Waals surface area contributed by atoms with E-state index in [2.05, 4.69) is 143 Å². The summed E-state index contributed by atoms with van der Waals surface area (Å²) in [5.74, 6) is 0. The third kappa shape index (κ3) is 2.42. The summed E-state index contributed by atoms with van der Waals surface area (Å²) < 4.78 is 2.78. The molecule has 2 heterocycles. The van der Waals surface area contributed by atoms with E-state index in [1.807, 2.05) is 35.3 Å². The summed E-state index contributed by atoms with van der Waals surface area (Å²) in [7, 11) is -3.88. The third-order valence-electron chi connectivity index (χ3n) is 7.02. The fraction of sp³-hybridized carbons (Fsp3) is 0. The summed E-state index contributed by atoms with van der Waals surface area (Å²) in [5, 5.41) is 9.37. The van der Waals surface area contributed by atoms with Gasteiger partial charge in [-0.25, -0.2) is 0 Å². The van der Waals surface area contributed by atoms with E-state index in [0.29, 0.717) is 0 Å². The first-order valence-corrected chi connectivity index (χ1v) is 16.3. The highest BCUT2D eigenvalue weighted by atomic mass is 32.4. The third-order valence-corrected chi connectivity index (χ3v) is 20.0. The van der Waals surface area contributed by atoms with Crippen molar-refractivity contribution in [3.63, 3.8) is 0 Å². The molecule has 0 radical (unpaired) electrons. The fourth-order valence-corrected chi connectivity index (χ4v) is 20.4. The van der Waals surface area contributed by atoms with E-state index < -0.39 is 8.29 Å². The second kappa shape index (κ2) is 8.03. The quantitative estimate of drug-likeness (QED) is 0.267. The molecule has 4 aromatic rings. The number of benzene rings is 4. The Balaban J connectivity index is 2.03. The molecule has 0 nitrogen and oxygen atoms in total. The lowest BCUT2D eigenvalue weighted by Crippen LogP contribution is -2.35. The van der Waals surface area contributed by atoms with Crippen LogP contribution in [0, 0.1) is 0 Å². The lowest BCUT2D eigenvalue weighted by Gasteiger charge is -2.77. The van der Waals surface area contributed by atoms with Gasteiger partial charge in [0.2, 0.25) is 0 Å². The second-order valence-corrected chi connectivity index (χ2v) is 17.4. The molecule has 0 bridgehead atoms. The number of thioether (sulfide) groups is 3. The zero-order chi connectivity index (χ0) is 23.0. The van der Waals surface area contributed by atoms with Crippen LogP contribution in [0.25, 0.3) is 0 Å². The molecular formula is C30H24S4. The minimum absolute atomic E-state index is 1.34. The molecule has 34 heavy (non-hydrogen) atoms. The van der Waals surface area contributed by atoms with Crippen LogP contribution < -0.4 is 0 Å². The van der Waals surface area contributed by atoms with Gasteiger partial charge in [-0.05, 0) is 89.7 Å². The van der Waals surface area contributed by atoms with E-state index in [-0.39, 0.29) is 0 Å². The predicted molar refractivity (Wildman–Crippen MR) is 155 cm³/mol. The van der Waals surface area contributed by atoms with Gasteiger partial charge < -0.3 is 0 Å². The van der Waals surface area contributed by atoms with Crippen LogP contribution in [0.15, 0.2) is 171 Å². The van der Waals surface area contributed by atoms with Crippen LogP contribution in [0.4, 0.5) is 0 Å². The fourth-order valence-electron chi connectivity index (χ4n) is 5.62. The maximum atomic E-state index is 2.59. The largest absolute Gasteiger partial charge is 0.147 e. The smallest absolute Gasteiger partial charge is 0.0677 e. The lowest BCUT2D eigenvalue weighted by molar-refractivity contribution is 1.18. The first-order valence-electron chi connectivity index (χ1n) is 11.1. The van der Waals surface area contributed by atoms with Gasteiger partial charge in [-0.2, -0.15) is 0 Å². The zero-order valence-corrected chi connectivity index (χ0v) is 21.8. The molecule has 4 heteroatoms. The van der Waals surface area contributed by atoms with Crippen LogP contribution in [0.1, 0.15) is 0 Å². The maximum absolute atomic E-state index is 3.88. The normalized spacial score (nSPS) is 21.4. The minimum atomic E-state index is -3.88. The average Bonchev–Trinajstić information content (AvgIpc) is 3.60. The van der Waals surface area contributed by atoms with Crippen LogP contribution in [0.2, 0.25) is 0 Å². The molecule has 0 aliphatic carbocycles. The first-order chi connectivity index (χ1) is 16.8. The summed E-state index contributed by atoms with van der Waals surface area (Å²) in [5.41, 5.74) is 0. The second-order valence-electron chi connectivity index (χ2n) is 8.33. The first kappa shape index (κ1) is 22.0. The molecule has 0 saturated heterocycles. The molecule has 6 rings (SSSR count). The summed E-state index contributed by atoms with van der Waals surface area (Å²) in [6.07, 6.45) is 0. The standard InChI is InChI=1S/C30H24S4/c1-5-13-25(14-6-1)34(26-15-7-2-8-16-26,27-17-9-3-10-18-27,28-19-11-4-12-20-28)24-23-33-30(34)29-31-21-22-32-29/h1-24H. The highest BCUT2D eigenvalue weighted by Gasteiger charge is 2.70. The van der Waals surface area contributed by atoms with E-state index in [1.54, 1.807) is 0 Å². The van der Waals surface area contributed by atoms with Crippen molar-refractivity contribution in [3.8, 4) is 0 Å². The van der Waals surface area contributed by atoms with Gasteiger partial charge in [-0.3, -0.25) is 0 Å². The van der Waals surface area contributed by atoms with Crippen molar-refractivity contribution in [2.75, 3.05) is 0 Å². The lowest BCUT2D eigenvalue weighted by atomic mass is 10.3. The Morgan fingerprint density at radius 3 is 1.09 bits per heavy atom. The van der Waals surface area contributed by atoms with E-state index in [1.165, 1.54) is 28.1 Å². The summed E-state index contributed by atoms with van der Waals surface area (Å²) >= 11 is 5.59. The Hall–Kier alpha value is -2.50. The Morgan fingerprint density at radius 2 is 0.735 bits per heavy atom. The Bertz CT molecular complexity index is 1250. The monoisotopic (exact) mass is 512 g/mol. The number of rotatable bonds is 4. The molecule has 0 saturated carbocycles. The van der Waals surface area contributed by atoms with Gasteiger partial charge in [0.1, 0.15) is 0 Å². The molecule has 0 N–H and O–H groups in total. The summed E-state index contributed by atoms with van der Waals surface area (Å²) in [6, 6.07) is 44.9. The van der Waals surface area contributed by atoms with E-state index in [0.717, 1.165) is 0 Å². The number of hydrogen-bond donors (Lipinski definition) is 0. The molecule has 2 aliphatic heterocycles. The van der Waals surface area contributed by atoms with Crippen LogP contribution in [-0.4, -0.2) is 0 Å². The SMILES string of the molecule is C1=CSC(=C2SC=CS2(c2ccccc2)(c2ccccc2)(c2ccccc2)c2ccccc2)S1. The maximum Gasteiger partial charge on any atom is 0.0677 e. The van der Waals surface area contributed by atoms with Crippen molar-refractivity contribution in [2.45, 2.75) is 19.6 Å². The van der Waals surface area contributed by atoms with Crippen molar-refractivity contribution in [1.82, 2.24) is 0 Å². The van der Waals surface area contributed by atoms with Crippen molar-refractivity contribution >= 4 is 43.6 Å². The van der Waals surface area contributed by atoms with Crippen molar-refractivity contribution in [1.29, 1.82) is 0 Å². The van der Waals surface area contributed by atoms with E-state index in [4.69, 9.17) is 0 Å². The summed E-state index contributed by atoms with van der Waals surface area (Å²) in [6.45, 7) is 0. The van der Waals surface area contributed by atoms with E-state index >= 15 is 0 Å². The van der Waals surface area contributed by atoms with Gasteiger partial charge in [0.05, 0.1) is 8.47 Å². The predicted octanol–water partition coefficient (Wildman–Crippen LogP) is 10.4. The van der Waals surface area contributed by atoms with Gasteiger partial charge in [-0.15, -0.1) is 8.29 Å². The molecule has 2 aliphatic rings. The topological polar surface area (TPSA) is 0 Å². The summed E-state index contributed by atoms with van der Waals surface area (Å²) in [4.78, 5) is 5.34. The molecule has 0 aromatic heterocycles. The highest BCUT2D eigenvalue weighted by molar-refractivity contribution is 8.74. The van der Waals surface area contributed by atoms with Crippen molar-refractivity contribution in [2.24, 2.45) is 0 Å². The van der Waals surface area contributed by atoms with Crippen LogP contribution in [0.5, 0.6) is 0 Å². The molecule has 168 valence electrons. The van der Waals surface area contributed by atoms with Crippen LogP contribution in [0.3, 0.4) is 0 Å². The molecule has 4 aromatic carbocycles. The Kier molecular flexibility index (Phi) is 5.19. The van der Waals surface area contributed by atoms with E-state index in [9.17, 15) is 0 Å². The Labute approximate surface area is 213 Å². The van der Waals surface area contributed by atoms with Gasteiger partial charge in [0, 0.05) is 0 Å². The minimum Gasteiger partial charge on any atom is -0.147 e.